The Balaban J connectivity index is 2.15. The van der Waals surface area contributed by atoms with Gasteiger partial charge in [-0.15, -0.1) is 0 Å². The molecule has 5 heteroatoms. The molecular weight excluding hydrogens is 262 g/mol. The van der Waals surface area contributed by atoms with Crippen molar-refractivity contribution in [2.75, 3.05) is 24.8 Å². The monoisotopic (exact) mass is 277 g/mol. The largest absolute Gasteiger partial charge is 0.497 e. The van der Waals surface area contributed by atoms with Gasteiger partial charge in [0.1, 0.15) is 10.9 Å². The molecule has 0 saturated carbocycles. The Morgan fingerprint density at radius 2 is 1.89 bits per heavy atom. The van der Waals surface area contributed by atoms with Crippen LogP contribution >= 0.6 is 11.6 Å². The van der Waals surface area contributed by atoms with E-state index in [2.05, 4.69) is 4.98 Å². The van der Waals surface area contributed by atoms with Crippen molar-refractivity contribution in [1.82, 2.24) is 4.98 Å². The Hall–Kier alpha value is -1.94. The molecule has 0 aliphatic rings. The van der Waals surface area contributed by atoms with Crippen molar-refractivity contribution in [2.24, 2.45) is 0 Å². The van der Waals surface area contributed by atoms with Crippen LogP contribution in [0.25, 0.3) is 0 Å². The Morgan fingerprint density at radius 3 is 2.53 bits per heavy atom. The molecule has 0 unspecified atom stereocenters. The van der Waals surface area contributed by atoms with E-state index in [9.17, 15) is 0 Å². The van der Waals surface area contributed by atoms with E-state index < -0.39 is 0 Å². The lowest BCUT2D eigenvalue weighted by atomic mass is 10.2. The fraction of sp³-hybridized carbons (Fsp3) is 0.214. The van der Waals surface area contributed by atoms with E-state index in [-0.39, 0.29) is 0 Å². The molecule has 0 aliphatic heterocycles. The minimum atomic E-state index is 0.436. The highest BCUT2D eigenvalue weighted by Gasteiger charge is 2.08. The van der Waals surface area contributed by atoms with Gasteiger partial charge in [-0.05, 0) is 29.8 Å². The number of halogens is 1. The highest BCUT2D eigenvalue weighted by molar-refractivity contribution is 6.29. The topological polar surface area (TPSA) is 51.4 Å². The second kappa shape index (κ2) is 5.80. The molecule has 19 heavy (non-hydrogen) atoms. The first-order chi connectivity index (χ1) is 9.10. The Bertz CT molecular complexity index is 557. The van der Waals surface area contributed by atoms with Crippen LogP contribution in [0.3, 0.4) is 0 Å². The molecule has 0 aliphatic carbocycles. The number of hydrogen-bond donors (Lipinski definition) is 1. The molecule has 0 radical (unpaired) electrons. The second-order valence-electron chi connectivity index (χ2n) is 4.25. The van der Waals surface area contributed by atoms with Crippen LogP contribution in [-0.4, -0.2) is 19.1 Å². The van der Waals surface area contributed by atoms with Crippen molar-refractivity contribution >= 4 is 23.1 Å². The third kappa shape index (κ3) is 3.29. The summed E-state index contributed by atoms with van der Waals surface area (Å²) in [5.41, 5.74) is 7.66. The molecule has 0 saturated heterocycles. The second-order valence-corrected chi connectivity index (χ2v) is 4.64. The van der Waals surface area contributed by atoms with E-state index in [4.69, 9.17) is 22.1 Å². The Kier molecular flexibility index (Phi) is 4.12. The van der Waals surface area contributed by atoms with Gasteiger partial charge in [0, 0.05) is 13.6 Å². The van der Waals surface area contributed by atoms with Crippen LogP contribution in [0.2, 0.25) is 5.15 Å². The summed E-state index contributed by atoms with van der Waals surface area (Å²) in [7, 11) is 3.58. The molecule has 4 nitrogen and oxygen atoms in total. The lowest BCUT2D eigenvalue weighted by Crippen LogP contribution is -2.19. The number of ether oxygens (including phenoxy) is 1. The number of nitrogen functional groups attached to an aromatic ring is 1. The van der Waals surface area contributed by atoms with Crippen LogP contribution < -0.4 is 15.4 Å². The molecule has 0 bridgehead atoms. The first-order valence-electron chi connectivity index (χ1n) is 5.86. The average Bonchev–Trinajstić information content (AvgIpc) is 2.42. The zero-order valence-corrected chi connectivity index (χ0v) is 11.7. The first kappa shape index (κ1) is 13.5. The van der Waals surface area contributed by atoms with Crippen LogP contribution in [0.4, 0.5) is 11.5 Å². The number of anilines is 2. The van der Waals surface area contributed by atoms with Crippen LogP contribution in [0, 0.1) is 0 Å². The maximum Gasteiger partial charge on any atom is 0.153 e. The number of benzene rings is 1. The van der Waals surface area contributed by atoms with Crippen LogP contribution in [0.1, 0.15) is 5.56 Å². The van der Waals surface area contributed by atoms with Crippen LogP contribution in [-0.2, 0) is 6.54 Å². The van der Waals surface area contributed by atoms with Crippen molar-refractivity contribution in [3.63, 3.8) is 0 Å². The Morgan fingerprint density at radius 1 is 1.21 bits per heavy atom. The average molecular weight is 278 g/mol. The number of nitrogens with two attached hydrogens (primary N) is 1. The van der Waals surface area contributed by atoms with E-state index >= 15 is 0 Å². The van der Waals surface area contributed by atoms with Gasteiger partial charge in [0.15, 0.2) is 5.82 Å². The maximum atomic E-state index is 5.91. The number of aromatic nitrogens is 1. The number of rotatable bonds is 4. The molecule has 2 rings (SSSR count). The summed E-state index contributed by atoms with van der Waals surface area (Å²) in [6.45, 7) is 0.696. The third-order valence-electron chi connectivity index (χ3n) is 2.81. The van der Waals surface area contributed by atoms with Gasteiger partial charge in [-0.2, -0.15) is 0 Å². The summed E-state index contributed by atoms with van der Waals surface area (Å²) < 4.78 is 5.13. The molecule has 0 atom stereocenters. The number of pyridine rings is 1. The fourth-order valence-corrected chi connectivity index (χ4v) is 1.96. The van der Waals surface area contributed by atoms with E-state index in [0.717, 1.165) is 11.3 Å². The molecule has 2 N–H and O–H groups in total. The van der Waals surface area contributed by atoms with Crippen molar-refractivity contribution in [2.45, 2.75) is 6.54 Å². The lowest BCUT2D eigenvalue weighted by molar-refractivity contribution is 0.414. The zero-order chi connectivity index (χ0) is 13.8. The summed E-state index contributed by atoms with van der Waals surface area (Å²) >= 11 is 5.89. The summed E-state index contributed by atoms with van der Waals surface area (Å²) in [4.78, 5) is 6.21. The molecule has 1 heterocycles. The van der Waals surface area contributed by atoms with Crippen molar-refractivity contribution in [3.05, 3.63) is 47.1 Å². The predicted octanol–water partition coefficient (Wildman–Crippen LogP) is 2.96. The minimum absolute atomic E-state index is 0.436. The van der Waals surface area contributed by atoms with Gasteiger partial charge in [0.2, 0.25) is 0 Å². The van der Waals surface area contributed by atoms with Crippen molar-refractivity contribution in [3.8, 4) is 5.75 Å². The zero-order valence-electron chi connectivity index (χ0n) is 10.9. The van der Waals surface area contributed by atoms with Gasteiger partial charge in [0.25, 0.3) is 0 Å². The lowest BCUT2D eigenvalue weighted by Gasteiger charge is -2.20. The molecule has 2 aromatic rings. The molecule has 0 fully saturated rings. The molecule has 0 spiro atoms. The molecular formula is C14H16ClN3O. The van der Waals surface area contributed by atoms with Gasteiger partial charge in [-0.3, -0.25) is 0 Å². The fourth-order valence-electron chi connectivity index (χ4n) is 1.82. The molecule has 1 aromatic heterocycles. The molecule has 1 aromatic carbocycles. The van der Waals surface area contributed by atoms with E-state index in [1.807, 2.05) is 36.2 Å². The quantitative estimate of drug-likeness (QED) is 0.873. The summed E-state index contributed by atoms with van der Waals surface area (Å²) in [5, 5.41) is 0.436. The maximum absolute atomic E-state index is 5.91. The van der Waals surface area contributed by atoms with Crippen molar-refractivity contribution in [1.29, 1.82) is 0 Å². The van der Waals surface area contributed by atoms with Crippen LogP contribution in [0.15, 0.2) is 36.4 Å². The van der Waals surface area contributed by atoms with Gasteiger partial charge < -0.3 is 15.4 Å². The molecule has 100 valence electrons. The van der Waals surface area contributed by atoms with Gasteiger partial charge in [-0.1, -0.05) is 23.7 Å². The first-order valence-corrected chi connectivity index (χ1v) is 6.24. The van der Waals surface area contributed by atoms with E-state index in [1.54, 1.807) is 19.2 Å². The number of nitrogens with zero attached hydrogens (tertiary/aromatic N) is 2. The third-order valence-corrected chi connectivity index (χ3v) is 3.02. The number of methoxy groups -OCH3 is 1. The van der Waals surface area contributed by atoms with Gasteiger partial charge in [0.05, 0.1) is 12.8 Å². The van der Waals surface area contributed by atoms with E-state index in [1.165, 1.54) is 0 Å². The SMILES string of the molecule is COc1ccc(CN(C)c2nc(Cl)ccc2N)cc1. The summed E-state index contributed by atoms with van der Waals surface area (Å²) in [6, 6.07) is 11.3. The van der Waals surface area contributed by atoms with Crippen LogP contribution in [0.5, 0.6) is 5.75 Å². The standard InChI is InChI=1S/C14H16ClN3O/c1-18(14-12(16)7-8-13(15)17-14)9-10-3-5-11(19-2)6-4-10/h3-8H,9,16H2,1-2H3. The van der Waals surface area contributed by atoms with E-state index in [0.29, 0.717) is 23.2 Å². The smallest absolute Gasteiger partial charge is 0.153 e. The molecule has 0 amide bonds. The minimum Gasteiger partial charge on any atom is -0.497 e. The number of hydrogen-bond acceptors (Lipinski definition) is 4. The highest BCUT2D eigenvalue weighted by atomic mass is 35.5. The Labute approximate surface area is 117 Å². The highest BCUT2D eigenvalue weighted by Crippen LogP contribution is 2.23. The predicted molar refractivity (Wildman–Crippen MR) is 78.8 cm³/mol. The van der Waals surface area contributed by atoms with Crippen molar-refractivity contribution < 1.29 is 4.74 Å². The van der Waals surface area contributed by atoms with Gasteiger partial charge >= 0.3 is 0 Å². The summed E-state index contributed by atoms with van der Waals surface area (Å²) in [6.07, 6.45) is 0. The van der Waals surface area contributed by atoms with Gasteiger partial charge in [-0.25, -0.2) is 4.98 Å². The summed E-state index contributed by atoms with van der Waals surface area (Å²) in [5.74, 6) is 1.52. The normalized spacial score (nSPS) is 10.3.